The molecule has 0 spiro atoms. The van der Waals surface area contributed by atoms with Gasteiger partial charge in [-0.1, -0.05) is 25.4 Å². The molecular weight excluding hydrogens is 498 g/mol. The molecule has 2 amide bonds. The number of anilines is 1. The minimum Gasteiger partial charge on any atom is -0.358 e. The van der Waals surface area contributed by atoms with E-state index in [1.165, 1.54) is 10.9 Å². The van der Waals surface area contributed by atoms with Crippen molar-refractivity contribution in [3.63, 3.8) is 0 Å². The molecule has 0 radical (unpaired) electrons. The molecule has 0 saturated heterocycles. The van der Waals surface area contributed by atoms with E-state index in [1.54, 1.807) is 18.7 Å². The third-order valence-corrected chi connectivity index (χ3v) is 8.88. The van der Waals surface area contributed by atoms with Gasteiger partial charge in [0.25, 0.3) is 5.91 Å². The second-order valence-corrected chi connectivity index (χ2v) is 12.3. The van der Waals surface area contributed by atoms with Crippen LogP contribution < -0.4 is 10.6 Å². The number of carbonyl (C=O) groups excluding carboxylic acids is 2. The number of aromatic nitrogens is 4. The smallest absolute Gasteiger partial charge is 0.358 e. The Hall–Kier alpha value is -2.95. The van der Waals surface area contributed by atoms with Gasteiger partial charge in [0.2, 0.25) is 5.91 Å². The topological polar surface area (TPSA) is 137 Å². The Bertz CT molecular complexity index is 1250. The second-order valence-electron chi connectivity index (χ2n) is 11.9. The van der Waals surface area contributed by atoms with E-state index in [-0.39, 0.29) is 33.6 Å². The SMILES string of the molecule is Cc1c(Cl)c([N+](=O)[O-])nn1C12CC3CC(CC(CC(=O)Nc4cnn(C)c4C(=O)NCC(C)C)(C3)C1)C2. The van der Waals surface area contributed by atoms with E-state index in [1.807, 2.05) is 13.8 Å². The van der Waals surface area contributed by atoms with Gasteiger partial charge in [-0.05, 0) is 73.5 Å². The lowest BCUT2D eigenvalue weighted by Crippen LogP contribution is -2.57. The Morgan fingerprint density at radius 1 is 1.27 bits per heavy atom. The fraction of sp³-hybridized carbons (Fsp3) is 0.680. The fourth-order valence-electron chi connectivity index (χ4n) is 7.62. The van der Waals surface area contributed by atoms with E-state index in [4.69, 9.17) is 11.6 Å². The minimum atomic E-state index is -0.529. The molecule has 4 bridgehead atoms. The van der Waals surface area contributed by atoms with Crippen LogP contribution in [0.15, 0.2) is 6.20 Å². The Kier molecular flexibility index (Phi) is 6.32. The normalized spacial score (nSPS) is 28.1. The maximum atomic E-state index is 13.4. The number of rotatable bonds is 8. The average molecular weight is 532 g/mol. The van der Waals surface area contributed by atoms with Gasteiger partial charge in [-0.2, -0.15) is 9.78 Å². The van der Waals surface area contributed by atoms with Crippen molar-refractivity contribution in [3.8, 4) is 0 Å². The molecule has 37 heavy (non-hydrogen) atoms. The number of aryl methyl sites for hydroxylation is 1. The summed E-state index contributed by atoms with van der Waals surface area (Å²) in [4.78, 5) is 37.1. The van der Waals surface area contributed by atoms with Gasteiger partial charge in [0.15, 0.2) is 5.02 Å². The van der Waals surface area contributed by atoms with Gasteiger partial charge in [-0.3, -0.25) is 14.3 Å². The van der Waals surface area contributed by atoms with Crippen LogP contribution >= 0.6 is 11.6 Å². The molecule has 2 atom stereocenters. The number of hydrogen-bond acceptors (Lipinski definition) is 6. The highest BCUT2D eigenvalue weighted by Crippen LogP contribution is 2.65. The molecule has 200 valence electrons. The van der Waals surface area contributed by atoms with Gasteiger partial charge in [0.05, 0.1) is 28.2 Å². The van der Waals surface area contributed by atoms with Crippen LogP contribution in [0.1, 0.15) is 75.0 Å². The second kappa shape index (κ2) is 9.11. The molecule has 2 aromatic heterocycles. The lowest BCUT2D eigenvalue weighted by atomic mass is 9.46. The number of nitrogens with zero attached hydrogens (tertiary/aromatic N) is 5. The van der Waals surface area contributed by atoms with Crippen LogP contribution in [0.25, 0.3) is 0 Å². The Balaban J connectivity index is 1.37. The number of nitrogens with one attached hydrogen (secondary N) is 2. The number of halogens is 1. The van der Waals surface area contributed by atoms with Crippen molar-refractivity contribution in [2.75, 3.05) is 11.9 Å². The summed E-state index contributed by atoms with van der Waals surface area (Å²) >= 11 is 6.31. The third-order valence-electron chi connectivity index (χ3n) is 8.43. The van der Waals surface area contributed by atoms with Gasteiger partial charge in [-0.15, -0.1) is 0 Å². The fourth-order valence-corrected chi connectivity index (χ4v) is 7.80. The highest BCUT2D eigenvalue weighted by atomic mass is 35.5. The third kappa shape index (κ3) is 4.51. The van der Waals surface area contributed by atoms with Crippen molar-refractivity contribution in [3.05, 3.63) is 32.7 Å². The zero-order valence-electron chi connectivity index (χ0n) is 21.7. The summed E-state index contributed by atoms with van der Waals surface area (Å²) in [6.07, 6.45) is 7.36. The largest absolute Gasteiger partial charge is 0.408 e. The molecule has 2 heterocycles. The molecule has 4 aliphatic carbocycles. The van der Waals surface area contributed by atoms with E-state index in [0.29, 0.717) is 47.8 Å². The lowest BCUT2D eigenvalue weighted by molar-refractivity contribution is -0.389. The summed E-state index contributed by atoms with van der Waals surface area (Å²) < 4.78 is 3.28. The summed E-state index contributed by atoms with van der Waals surface area (Å²) in [5.41, 5.74) is 0.740. The Morgan fingerprint density at radius 2 is 1.95 bits per heavy atom. The molecular formula is C25H34ClN7O4. The number of nitro groups is 1. The van der Waals surface area contributed by atoms with E-state index < -0.39 is 4.92 Å². The molecule has 4 saturated carbocycles. The van der Waals surface area contributed by atoms with Crippen LogP contribution in [0.3, 0.4) is 0 Å². The molecule has 2 unspecified atom stereocenters. The van der Waals surface area contributed by atoms with Crippen molar-refractivity contribution in [1.82, 2.24) is 24.9 Å². The van der Waals surface area contributed by atoms with Crippen molar-refractivity contribution >= 4 is 34.9 Å². The zero-order valence-corrected chi connectivity index (χ0v) is 22.5. The summed E-state index contributed by atoms with van der Waals surface area (Å²) in [5.74, 6) is 0.446. The van der Waals surface area contributed by atoms with E-state index in [2.05, 4.69) is 20.8 Å². The number of carbonyl (C=O) groups is 2. The predicted octanol–water partition coefficient (Wildman–Crippen LogP) is 4.20. The average Bonchev–Trinajstić information content (AvgIpc) is 3.30. The molecule has 0 aromatic carbocycles. The van der Waals surface area contributed by atoms with Gasteiger partial charge >= 0.3 is 5.82 Å². The molecule has 2 aromatic rings. The maximum Gasteiger partial charge on any atom is 0.408 e. The molecule has 2 N–H and O–H groups in total. The van der Waals surface area contributed by atoms with Crippen LogP contribution in [0, 0.1) is 40.2 Å². The van der Waals surface area contributed by atoms with E-state index in [0.717, 1.165) is 38.5 Å². The number of hydrogen-bond donors (Lipinski definition) is 2. The first kappa shape index (κ1) is 25.7. The van der Waals surface area contributed by atoms with Crippen LogP contribution in [-0.2, 0) is 17.4 Å². The first-order valence-electron chi connectivity index (χ1n) is 12.9. The molecule has 4 aliphatic rings. The summed E-state index contributed by atoms with van der Waals surface area (Å²) in [5, 5.41) is 26.0. The van der Waals surface area contributed by atoms with Crippen LogP contribution in [0.4, 0.5) is 11.5 Å². The molecule has 6 rings (SSSR count). The van der Waals surface area contributed by atoms with Crippen LogP contribution in [0.2, 0.25) is 5.02 Å². The first-order chi connectivity index (χ1) is 17.4. The van der Waals surface area contributed by atoms with Crippen molar-refractivity contribution in [2.45, 2.75) is 71.3 Å². The van der Waals surface area contributed by atoms with Gasteiger partial charge in [0, 0.05) is 20.0 Å². The quantitative estimate of drug-likeness (QED) is 0.387. The van der Waals surface area contributed by atoms with Crippen molar-refractivity contribution in [2.24, 2.45) is 30.2 Å². The Labute approximate surface area is 220 Å². The summed E-state index contributed by atoms with van der Waals surface area (Å²) in [6, 6.07) is 0. The summed E-state index contributed by atoms with van der Waals surface area (Å²) in [6.45, 7) is 6.34. The predicted molar refractivity (Wildman–Crippen MR) is 137 cm³/mol. The zero-order chi connectivity index (χ0) is 26.7. The standard InChI is InChI=1S/C25H34ClN7O4/c1-14(2)11-27-23(35)21-18(12-28-31(21)4)29-19(34)10-24-6-16-5-17(7-24)9-25(8-16,13-24)32-15(3)20(26)22(30-32)33(36)37/h12,14,16-17H,5-11,13H2,1-4H3,(H,27,35)(H,29,34). The van der Waals surface area contributed by atoms with E-state index in [9.17, 15) is 19.7 Å². The lowest BCUT2D eigenvalue weighted by Gasteiger charge is -2.61. The molecule has 12 heteroatoms. The van der Waals surface area contributed by atoms with Crippen LogP contribution in [-0.4, -0.2) is 42.8 Å². The van der Waals surface area contributed by atoms with Crippen molar-refractivity contribution < 1.29 is 14.5 Å². The molecule has 11 nitrogen and oxygen atoms in total. The Morgan fingerprint density at radius 3 is 2.54 bits per heavy atom. The number of amides is 2. The highest BCUT2D eigenvalue weighted by molar-refractivity contribution is 6.33. The monoisotopic (exact) mass is 531 g/mol. The van der Waals surface area contributed by atoms with Crippen LogP contribution in [0.5, 0.6) is 0 Å². The van der Waals surface area contributed by atoms with Gasteiger partial charge in [-0.25, -0.2) is 0 Å². The first-order valence-corrected chi connectivity index (χ1v) is 13.3. The van der Waals surface area contributed by atoms with E-state index >= 15 is 0 Å². The van der Waals surface area contributed by atoms with Gasteiger partial charge < -0.3 is 20.7 Å². The molecule has 0 aliphatic heterocycles. The maximum absolute atomic E-state index is 13.4. The van der Waals surface area contributed by atoms with Gasteiger partial charge in [0.1, 0.15) is 5.69 Å². The highest BCUT2D eigenvalue weighted by Gasteiger charge is 2.61. The minimum absolute atomic E-state index is 0.0902. The molecule has 4 fully saturated rings. The summed E-state index contributed by atoms with van der Waals surface area (Å²) in [7, 11) is 1.68. The van der Waals surface area contributed by atoms with Crippen molar-refractivity contribution in [1.29, 1.82) is 0 Å².